The van der Waals surface area contributed by atoms with Crippen molar-refractivity contribution in [2.24, 2.45) is 14.1 Å². The van der Waals surface area contributed by atoms with E-state index in [9.17, 15) is 0 Å². The number of rotatable bonds is 4. The largest absolute Gasteiger partial charge is 0.307 e. The predicted octanol–water partition coefficient (Wildman–Crippen LogP) is -0.162. The average Bonchev–Trinajstić information content (AvgIpc) is 2.77. The lowest BCUT2D eigenvalue weighted by Gasteiger charge is -2.01. The topological polar surface area (TPSA) is 60.6 Å². The van der Waals surface area contributed by atoms with Gasteiger partial charge >= 0.3 is 0 Å². The van der Waals surface area contributed by atoms with Crippen molar-refractivity contribution in [1.29, 1.82) is 0 Å². The van der Waals surface area contributed by atoms with Crippen LogP contribution in [0.3, 0.4) is 0 Å². The third kappa shape index (κ3) is 2.41. The number of aromatic nitrogens is 5. The second kappa shape index (κ2) is 4.22. The van der Waals surface area contributed by atoms with Gasteiger partial charge < -0.3 is 5.32 Å². The molecule has 0 saturated carbocycles. The molecule has 0 saturated heterocycles. The molecule has 80 valence electrons. The van der Waals surface area contributed by atoms with Crippen LogP contribution >= 0.6 is 0 Å². The van der Waals surface area contributed by atoms with Crippen LogP contribution in [0.1, 0.15) is 11.3 Å². The molecule has 2 aromatic rings. The standard InChI is InChI=1S/C9H14N6/c1-14-7-8(4-12-14)3-10-5-9-6-11-13-15(9)2/h4,6-7,10H,3,5H2,1-2H3. The van der Waals surface area contributed by atoms with E-state index >= 15 is 0 Å². The first kappa shape index (κ1) is 9.85. The van der Waals surface area contributed by atoms with E-state index < -0.39 is 0 Å². The maximum atomic E-state index is 4.10. The smallest absolute Gasteiger partial charge is 0.0738 e. The van der Waals surface area contributed by atoms with Crippen molar-refractivity contribution in [2.75, 3.05) is 0 Å². The Labute approximate surface area is 87.9 Å². The molecule has 2 heterocycles. The van der Waals surface area contributed by atoms with Gasteiger partial charge in [-0.05, 0) is 0 Å². The van der Waals surface area contributed by atoms with E-state index in [0.29, 0.717) is 0 Å². The van der Waals surface area contributed by atoms with Crippen LogP contribution in [0.2, 0.25) is 0 Å². The first-order valence-electron chi connectivity index (χ1n) is 4.77. The Bertz CT molecular complexity index is 429. The normalized spacial score (nSPS) is 10.8. The summed E-state index contributed by atoms with van der Waals surface area (Å²) in [6, 6.07) is 0. The summed E-state index contributed by atoms with van der Waals surface area (Å²) in [4.78, 5) is 0. The summed E-state index contributed by atoms with van der Waals surface area (Å²) >= 11 is 0. The van der Waals surface area contributed by atoms with Crippen molar-refractivity contribution in [3.8, 4) is 0 Å². The number of hydrogen-bond donors (Lipinski definition) is 1. The lowest BCUT2D eigenvalue weighted by atomic mass is 10.3. The Kier molecular flexibility index (Phi) is 2.77. The van der Waals surface area contributed by atoms with Crippen LogP contribution in [0.15, 0.2) is 18.6 Å². The molecule has 0 aliphatic rings. The van der Waals surface area contributed by atoms with Crippen LogP contribution < -0.4 is 5.32 Å². The number of hydrogen-bond acceptors (Lipinski definition) is 4. The maximum absolute atomic E-state index is 4.10. The number of nitrogens with zero attached hydrogens (tertiary/aromatic N) is 5. The average molecular weight is 206 g/mol. The van der Waals surface area contributed by atoms with Crippen molar-refractivity contribution in [3.63, 3.8) is 0 Å². The van der Waals surface area contributed by atoms with Crippen LogP contribution in [-0.4, -0.2) is 24.8 Å². The SMILES string of the molecule is Cn1cc(CNCc2cnnn2C)cn1. The molecule has 0 radical (unpaired) electrons. The zero-order valence-electron chi connectivity index (χ0n) is 8.88. The molecule has 0 atom stereocenters. The van der Waals surface area contributed by atoms with Crippen LogP contribution in [0.5, 0.6) is 0 Å². The van der Waals surface area contributed by atoms with Gasteiger partial charge in [0, 0.05) is 38.9 Å². The van der Waals surface area contributed by atoms with Gasteiger partial charge in [0.05, 0.1) is 18.1 Å². The molecular formula is C9H14N6. The van der Waals surface area contributed by atoms with Gasteiger partial charge in [0.1, 0.15) is 0 Å². The quantitative estimate of drug-likeness (QED) is 0.755. The third-order valence-corrected chi connectivity index (χ3v) is 2.20. The Morgan fingerprint density at radius 2 is 2.13 bits per heavy atom. The van der Waals surface area contributed by atoms with Crippen LogP contribution in [-0.2, 0) is 27.2 Å². The summed E-state index contributed by atoms with van der Waals surface area (Å²) in [6.45, 7) is 1.57. The van der Waals surface area contributed by atoms with Gasteiger partial charge in [-0.25, -0.2) is 0 Å². The molecule has 0 aromatic carbocycles. The highest BCUT2D eigenvalue weighted by Gasteiger charge is 1.99. The molecule has 0 unspecified atom stereocenters. The third-order valence-electron chi connectivity index (χ3n) is 2.20. The molecule has 6 heteroatoms. The first-order chi connectivity index (χ1) is 7.25. The second-order valence-corrected chi connectivity index (χ2v) is 3.47. The highest BCUT2D eigenvalue weighted by molar-refractivity contribution is 5.03. The Hall–Kier alpha value is -1.69. The van der Waals surface area contributed by atoms with Gasteiger partial charge in [-0.3, -0.25) is 9.36 Å². The zero-order chi connectivity index (χ0) is 10.7. The lowest BCUT2D eigenvalue weighted by Crippen LogP contribution is -2.14. The zero-order valence-corrected chi connectivity index (χ0v) is 8.88. The lowest BCUT2D eigenvalue weighted by molar-refractivity contribution is 0.616. The highest BCUT2D eigenvalue weighted by atomic mass is 15.4. The van der Waals surface area contributed by atoms with E-state index in [1.165, 1.54) is 5.56 Å². The summed E-state index contributed by atoms with van der Waals surface area (Å²) in [6.07, 6.45) is 5.61. The molecule has 6 nitrogen and oxygen atoms in total. The molecule has 1 N–H and O–H groups in total. The number of nitrogens with one attached hydrogen (secondary N) is 1. The van der Waals surface area contributed by atoms with Crippen molar-refractivity contribution >= 4 is 0 Å². The minimum atomic E-state index is 0.762. The highest BCUT2D eigenvalue weighted by Crippen LogP contribution is 1.97. The number of aryl methyl sites for hydroxylation is 2. The predicted molar refractivity (Wildman–Crippen MR) is 54.8 cm³/mol. The van der Waals surface area contributed by atoms with E-state index in [0.717, 1.165) is 18.8 Å². The first-order valence-corrected chi connectivity index (χ1v) is 4.77. The molecule has 0 bridgehead atoms. The van der Waals surface area contributed by atoms with Gasteiger partial charge in [0.2, 0.25) is 0 Å². The summed E-state index contributed by atoms with van der Waals surface area (Å²) in [5.41, 5.74) is 2.24. The molecule has 0 spiro atoms. The Morgan fingerprint density at radius 3 is 2.73 bits per heavy atom. The van der Waals surface area contributed by atoms with E-state index in [1.807, 2.05) is 26.5 Å². The molecule has 0 aliphatic carbocycles. The van der Waals surface area contributed by atoms with Crippen molar-refractivity contribution in [3.05, 3.63) is 29.8 Å². The molecule has 0 fully saturated rings. The van der Waals surface area contributed by atoms with E-state index in [1.54, 1.807) is 15.6 Å². The monoisotopic (exact) mass is 206 g/mol. The van der Waals surface area contributed by atoms with E-state index in [4.69, 9.17) is 0 Å². The van der Waals surface area contributed by atoms with Gasteiger partial charge in [0.25, 0.3) is 0 Å². The molecule has 2 aromatic heterocycles. The Morgan fingerprint density at radius 1 is 1.27 bits per heavy atom. The van der Waals surface area contributed by atoms with Gasteiger partial charge in [-0.1, -0.05) is 5.21 Å². The van der Waals surface area contributed by atoms with Gasteiger partial charge in [-0.15, -0.1) is 5.10 Å². The molecular weight excluding hydrogens is 192 g/mol. The Balaban J connectivity index is 1.83. The fourth-order valence-corrected chi connectivity index (χ4v) is 1.37. The van der Waals surface area contributed by atoms with Crippen molar-refractivity contribution in [1.82, 2.24) is 30.1 Å². The van der Waals surface area contributed by atoms with E-state index in [-0.39, 0.29) is 0 Å². The fraction of sp³-hybridized carbons (Fsp3) is 0.444. The van der Waals surface area contributed by atoms with Crippen molar-refractivity contribution in [2.45, 2.75) is 13.1 Å². The minimum Gasteiger partial charge on any atom is -0.307 e. The van der Waals surface area contributed by atoms with E-state index in [2.05, 4.69) is 20.7 Å². The van der Waals surface area contributed by atoms with Gasteiger partial charge in [-0.2, -0.15) is 5.10 Å². The van der Waals surface area contributed by atoms with Crippen LogP contribution in [0.25, 0.3) is 0 Å². The van der Waals surface area contributed by atoms with Crippen LogP contribution in [0.4, 0.5) is 0 Å². The fourth-order valence-electron chi connectivity index (χ4n) is 1.37. The van der Waals surface area contributed by atoms with Gasteiger partial charge in [0.15, 0.2) is 0 Å². The molecule has 15 heavy (non-hydrogen) atoms. The maximum Gasteiger partial charge on any atom is 0.0738 e. The van der Waals surface area contributed by atoms with Crippen LogP contribution in [0, 0.1) is 0 Å². The van der Waals surface area contributed by atoms with Crippen molar-refractivity contribution < 1.29 is 0 Å². The summed E-state index contributed by atoms with van der Waals surface area (Å²) in [5, 5.41) is 15.1. The second-order valence-electron chi connectivity index (χ2n) is 3.47. The molecule has 2 rings (SSSR count). The summed E-state index contributed by atoms with van der Waals surface area (Å²) in [5.74, 6) is 0. The summed E-state index contributed by atoms with van der Waals surface area (Å²) in [7, 11) is 3.79. The molecule has 0 amide bonds. The summed E-state index contributed by atoms with van der Waals surface area (Å²) < 4.78 is 3.55. The molecule has 0 aliphatic heterocycles. The minimum absolute atomic E-state index is 0.762.